The van der Waals surface area contributed by atoms with Crippen molar-refractivity contribution in [3.63, 3.8) is 0 Å². The van der Waals surface area contributed by atoms with E-state index < -0.39 is 11.2 Å². The molecule has 0 saturated heterocycles. The van der Waals surface area contributed by atoms with Gasteiger partial charge in [0.2, 0.25) is 5.91 Å². The predicted octanol–water partition coefficient (Wildman–Crippen LogP) is 1.40. The van der Waals surface area contributed by atoms with Gasteiger partial charge in [-0.05, 0) is 18.6 Å². The first-order valence-electron chi connectivity index (χ1n) is 9.22. The van der Waals surface area contributed by atoms with Crippen molar-refractivity contribution in [3.05, 3.63) is 63.7 Å². The first kappa shape index (κ1) is 18.6. The summed E-state index contributed by atoms with van der Waals surface area (Å²) < 4.78 is 4.08. The van der Waals surface area contributed by atoms with E-state index in [0.29, 0.717) is 29.8 Å². The molecule has 1 amide bonds. The van der Waals surface area contributed by atoms with Gasteiger partial charge in [0.05, 0.1) is 17.5 Å². The van der Waals surface area contributed by atoms with Crippen molar-refractivity contribution in [1.29, 1.82) is 0 Å². The number of benzene rings is 1. The van der Waals surface area contributed by atoms with E-state index in [1.165, 1.54) is 17.9 Å². The van der Waals surface area contributed by atoms with Gasteiger partial charge >= 0.3 is 5.69 Å². The van der Waals surface area contributed by atoms with E-state index in [9.17, 15) is 14.4 Å². The molecule has 9 heteroatoms. The number of para-hydroxylation sites is 1. The molecule has 3 aromatic heterocycles. The van der Waals surface area contributed by atoms with Crippen molar-refractivity contribution in [2.45, 2.75) is 19.4 Å². The van der Waals surface area contributed by atoms with E-state index in [1.54, 1.807) is 17.8 Å². The van der Waals surface area contributed by atoms with Crippen molar-refractivity contribution in [2.24, 2.45) is 14.1 Å². The number of hydrogen-bond acceptors (Lipinski definition) is 5. The van der Waals surface area contributed by atoms with Gasteiger partial charge in [-0.3, -0.25) is 23.7 Å². The number of imidazole rings is 1. The van der Waals surface area contributed by atoms with Gasteiger partial charge in [0.15, 0.2) is 11.2 Å². The second-order valence-corrected chi connectivity index (χ2v) is 6.85. The molecule has 0 radical (unpaired) electrons. The molecular weight excluding hydrogens is 372 g/mol. The molecule has 0 fully saturated rings. The molecule has 29 heavy (non-hydrogen) atoms. The fourth-order valence-electron chi connectivity index (χ4n) is 3.39. The second kappa shape index (κ2) is 7.34. The third-order valence-electron chi connectivity index (χ3n) is 4.93. The molecule has 0 atom stereocenters. The lowest BCUT2D eigenvalue weighted by Crippen LogP contribution is -2.37. The third kappa shape index (κ3) is 3.31. The van der Waals surface area contributed by atoms with Gasteiger partial charge in [-0.15, -0.1) is 0 Å². The van der Waals surface area contributed by atoms with Crippen LogP contribution in [0, 0.1) is 0 Å². The first-order chi connectivity index (χ1) is 14.0. The van der Waals surface area contributed by atoms with Crippen LogP contribution in [0.2, 0.25) is 0 Å². The number of nitrogens with one attached hydrogen (secondary N) is 1. The van der Waals surface area contributed by atoms with E-state index >= 15 is 0 Å². The van der Waals surface area contributed by atoms with Gasteiger partial charge in [-0.2, -0.15) is 0 Å². The molecule has 3 heterocycles. The zero-order valence-corrected chi connectivity index (χ0v) is 16.1. The minimum atomic E-state index is -0.421. The molecule has 148 valence electrons. The highest BCUT2D eigenvalue weighted by atomic mass is 16.2. The number of pyridine rings is 1. The summed E-state index contributed by atoms with van der Waals surface area (Å²) in [5.41, 5.74) is 1.29. The Morgan fingerprint density at radius 1 is 1.07 bits per heavy atom. The van der Waals surface area contributed by atoms with Crippen LogP contribution in [-0.2, 0) is 25.4 Å². The van der Waals surface area contributed by atoms with Gasteiger partial charge in [0, 0.05) is 38.6 Å². The maximum absolute atomic E-state index is 12.4. The highest BCUT2D eigenvalue weighted by Gasteiger charge is 2.14. The summed E-state index contributed by atoms with van der Waals surface area (Å²) in [4.78, 5) is 45.4. The summed E-state index contributed by atoms with van der Waals surface area (Å²) >= 11 is 0. The van der Waals surface area contributed by atoms with E-state index in [2.05, 4.69) is 15.3 Å². The number of hydrogen-bond donors (Lipinski definition) is 1. The molecule has 0 saturated carbocycles. The van der Waals surface area contributed by atoms with Crippen molar-refractivity contribution >= 4 is 33.7 Å². The van der Waals surface area contributed by atoms with Crippen molar-refractivity contribution in [1.82, 2.24) is 23.7 Å². The van der Waals surface area contributed by atoms with Gasteiger partial charge < -0.3 is 9.88 Å². The van der Waals surface area contributed by atoms with Gasteiger partial charge in [-0.25, -0.2) is 9.78 Å². The van der Waals surface area contributed by atoms with Crippen LogP contribution in [0.3, 0.4) is 0 Å². The van der Waals surface area contributed by atoms with Crippen LogP contribution in [0.5, 0.6) is 0 Å². The molecule has 0 unspecified atom stereocenters. The molecule has 0 aliphatic heterocycles. The lowest BCUT2D eigenvalue weighted by molar-refractivity contribution is -0.116. The van der Waals surface area contributed by atoms with Crippen LogP contribution in [0.25, 0.3) is 22.1 Å². The number of aromatic nitrogens is 5. The largest absolute Gasteiger partial charge is 0.332 e. The van der Waals surface area contributed by atoms with E-state index in [4.69, 9.17) is 0 Å². The second-order valence-electron chi connectivity index (χ2n) is 6.85. The van der Waals surface area contributed by atoms with Crippen LogP contribution in [-0.4, -0.2) is 29.6 Å². The van der Waals surface area contributed by atoms with Crippen LogP contribution in [0.15, 0.2) is 52.4 Å². The van der Waals surface area contributed by atoms with Crippen LogP contribution >= 0.6 is 0 Å². The number of aryl methyl sites for hydroxylation is 2. The van der Waals surface area contributed by atoms with Crippen molar-refractivity contribution in [2.75, 3.05) is 5.32 Å². The van der Waals surface area contributed by atoms with Gasteiger partial charge in [0.1, 0.15) is 0 Å². The number of rotatable bonds is 5. The third-order valence-corrected chi connectivity index (χ3v) is 4.93. The SMILES string of the molecule is Cn1c(=O)c2c(ncn2CCCC(=O)Nc2cccc3cccnc23)n(C)c1=O. The Labute approximate surface area is 165 Å². The molecular formula is C20H20N6O3. The van der Waals surface area contributed by atoms with E-state index in [0.717, 1.165) is 15.5 Å². The number of anilines is 1. The molecule has 1 aromatic carbocycles. The lowest BCUT2D eigenvalue weighted by Gasteiger charge is -2.09. The Hall–Kier alpha value is -3.75. The standard InChI is InChI=1S/C20H20N6O3/c1-24-18-17(19(28)25(2)20(24)29)26(12-22-18)11-5-9-15(27)23-14-8-3-6-13-7-4-10-21-16(13)14/h3-4,6-8,10,12H,5,9,11H2,1-2H3,(H,23,27). The van der Waals surface area contributed by atoms with Gasteiger partial charge in [0.25, 0.3) is 5.56 Å². The maximum Gasteiger partial charge on any atom is 0.332 e. The Morgan fingerprint density at radius 2 is 1.86 bits per heavy atom. The lowest BCUT2D eigenvalue weighted by atomic mass is 10.2. The molecule has 0 spiro atoms. The number of carbonyl (C=O) groups excluding carboxylic acids is 1. The average molecular weight is 392 g/mol. The Morgan fingerprint density at radius 3 is 2.69 bits per heavy atom. The van der Waals surface area contributed by atoms with Crippen LogP contribution in [0.1, 0.15) is 12.8 Å². The number of nitrogens with zero attached hydrogens (tertiary/aromatic N) is 5. The zero-order valence-electron chi connectivity index (χ0n) is 16.1. The fourth-order valence-corrected chi connectivity index (χ4v) is 3.39. The molecule has 0 aliphatic rings. The highest BCUT2D eigenvalue weighted by Crippen LogP contribution is 2.20. The summed E-state index contributed by atoms with van der Waals surface area (Å²) in [6.45, 7) is 0.436. The molecule has 4 rings (SSSR count). The molecule has 9 nitrogen and oxygen atoms in total. The minimum Gasteiger partial charge on any atom is -0.325 e. The quantitative estimate of drug-likeness (QED) is 0.553. The summed E-state index contributed by atoms with van der Waals surface area (Å²) in [5.74, 6) is -0.132. The molecule has 1 N–H and O–H groups in total. The summed E-state index contributed by atoms with van der Waals surface area (Å²) in [5, 5.41) is 3.86. The smallest absolute Gasteiger partial charge is 0.325 e. The predicted molar refractivity (Wildman–Crippen MR) is 110 cm³/mol. The highest BCUT2D eigenvalue weighted by molar-refractivity contribution is 6.00. The molecule has 4 aromatic rings. The number of amides is 1. The molecule has 0 bridgehead atoms. The van der Waals surface area contributed by atoms with Crippen LogP contribution in [0.4, 0.5) is 5.69 Å². The Bertz CT molecular complexity index is 1340. The fraction of sp³-hybridized carbons (Fsp3) is 0.250. The van der Waals surface area contributed by atoms with E-state index in [1.807, 2.05) is 30.3 Å². The van der Waals surface area contributed by atoms with Crippen molar-refractivity contribution in [3.8, 4) is 0 Å². The number of carbonyl (C=O) groups is 1. The topological polar surface area (TPSA) is 104 Å². The summed E-state index contributed by atoms with van der Waals surface area (Å²) in [7, 11) is 3.01. The number of fused-ring (bicyclic) bond motifs is 2. The summed E-state index contributed by atoms with van der Waals surface area (Å²) in [6, 6.07) is 9.42. The maximum atomic E-state index is 12.4. The first-order valence-corrected chi connectivity index (χ1v) is 9.22. The van der Waals surface area contributed by atoms with Crippen LogP contribution < -0.4 is 16.6 Å². The Balaban J connectivity index is 1.47. The Kier molecular flexibility index (Phi) is 4.71. The normalized spacial score (nSPS) is 11.2. The van der Waals surface area contributed by atoms with E-state index in [-0.39, 0.29) is 12.3 Å². The average Bonchev–Trinajstić information content (AvgIpc) is 3.15. The molecule has 0 aliphatic carbocycles. The monoisotopic (exact) mass is 392 g/mol. The van der Waals surface area contributed by atoms with Crippen molar-refractivity contribution < 1.29 is 4.79 Å². The summed E-state index contributed by atoms with van der Waals surface area (Å²) in [6.07, 6.45) is 4.00. The van der Waals surface area contributed by atoms with Gasteiger partial charge in [-0.1, -0.05) is 18.2 Å². The minimum absolute atomic E-state index is 0.132. The zero-order chi connectivity index (χ0) is 20.5.